The largest absolute Gasteiger partial charge is 0.314 e. The normalized spacial score (nSPS) is 24.2. The van der Waals surface area contributed by atoms with Crippen LogP contribution >= 0.6 is 0 Å². The molecule has 0 aliphatic carbocycles. The standard InChI is InChI=1S/C14H29NO2S/c1-3-5-6-7-14(15-9-4-2)11-13-8-10-18(16,17)12-13/h13-15H,3-12H2,1-2H3. The van der Waals surface area contributed by atoms with Crippen LogP contribution in [0.2, 0.25) is 0 Å². The van der Waals surface area contributed by atoms with Crippen LogP contribution in [0.3, 0.4) is 0 Å². The lowest BCUT2D eigenvalue weighted by atomic mass is 9.95. The van der Waals surface area contributed by atoms with Crippen LogP contribution in [0.4, 0.5) is 0 Å². The monoisotopic (exact) mass is 275 g/mol. The molecule has 108 valence electrons. The Morgan fingerprint density at radius 2 is 2.00 bits per heavy atom. The molecule has 1 fully saturated rings. The molecule has 1 rings (SSSR count). The summed E-state index contributed by atoms with van der Waals surface area (Å²) in [6, 6.07) is 0.523. The van der Waals surface area contributed by atoms with Crippen LogP contribution in [0.25, 0.3) is 0 Å². The Morgan fingerprint density at radius 3 is 2.56 bits per heavy atom. The van der Waals surface area contributed by atoms with Crippen molar-refractivity contribution in [2.45, 2.75) is 64.8 Å². The summed E-state index contributed by atoms with van der Waals surface area (Å²) in [5.74, 6) is 1.23. The Bertz CT molecular complexity index is 314. The molecule has 0 aromatic carbocycles. The fraction of sp³-hybridized carbons (Fsp3) is 1.00. The third-order valence-corrected chi connectivity index (χ3v) is 5.62. The van der Waals surface area contributed by atoms with Gasteiger partial charge < -0.3 is 5.32 Å². The average molecular weight is 275 g/mol. The molecule has 0 aromatic rings. The van der Waals surface area contributed by atoms with Crippen LogP contribution in [-0.2, 0) is 9.84 Å². The van der Waals surface area contributed by atoms with E-state index in [9.17, 15) is 8.42 Å². The van der Waals surface area contributed by atoms with Crippen LogP contribution in [0.1, 0.15) is 58.8 Å². The molecule has 1 N–H and O–H groups in total. The van der Waals surface area contributed by atoms with Gasteiger partial charge in [0.2, 0.25) is 0 Å². The summed E-state index contributed by atoms with van der Waals surface area (Å²) in [5.41, 5.74) is 0. The Labute approximate surface area is 113 Å². The Hall–Kier alpha value is -0.0900. The highest BCUT2D eigenvalue weighted by atomic mass is 32.2. The van der Waals surface area contributed by atoms with Crippen LogP contribution in [0.15, 0.2) is 0 Å². The first kappa shape index (κ1) is 16.0. The van der Waals surface area contributed by atoms with Gasteiger partial charge in [0.15, 0.2) is 9.84 Å². The molecule has 4 heteroatoms. The van der Waals surface area contributed by atoms with Gasteiger partial charge in [-0.2, -0.15) is 0 Å². The molecule has 1 aliphatic rings. The summed E-state index contributed by atoms with van der Waals surface area (Å²) in [7, 11) is -2.71. The SMILES string of the molecule is CCCCCC(CC1CCS(=O)(=O)C1)NCCC. The predicted octanol–water partition coefficient (Wildman–Crippen LogP) is 2.76. The molecule has 0 amide bonds. The third kappa shape index (κ3) is 6.19. The zero-order valence-electron chi connectivity index (χ0n) is 12.0. The summed E-state index contributed by atoms with van der Waals surface area (Å²) in [6.07, 6.45) is 8.06. The first-order valence-corrected chi connectivity index (χ1v) is 9.33. The van der Waals surface area contributed by atoms with Gasteiger partial charge >= 0.3 is 0 Å². The summed E-state index contributed by atoms with van der Waals surface area (Å²) in [6.45, 7) is 5.45. The molecular formula is C14H29NO2S. The maximum Gasteiger partial charge on any atom is 0.150 e. The number of hydrogen-bond donors (Lipinski definition) is 1. The van der Waals surface area contributed by atoms with Gasteiger partial charge in [0.1, 0.15) is 0 Å². The second-order valence-corrected chi connectivity index (χ2v) is 7.88. The van der Waals surface area contributed by atoms with Gasteiger partial charge in [-0.25, -0.2) is 8.42 Å². The zero-order valence-corrected chi connectivity index (χ0v) is 12.8. The summed E-state index contributed by atoms with van der Waals surface area (Å²) in [4.78, 5) is 0. The minimum absolute atomic E-state index is 0.394. The lowest BCUT2D eigenvalue weighted by Gasteiger charge is -2.21. The Balaban J connectivity index is 2.35. The molecular weight excluding hydrogens is 246 g/mol. The van der Waals surface area contributed by atoms with E-state index in [1.54, 1.807) is 0 Å². The van der Waals surface area contributed by atoms with Crippen LogP contribution in [0.5, 0.6) is 0 Å². The zero-order chi connectivity index (χ0) is 13.4. The van der Waals surface area contributed by atoms with Gasteiger partial charge in [-0.3, -0.25) is 0 Å². The topological polar surface area (TPSA) is 46.2 Å². The molecule has 1 saturated heterocycles. The first-order chi connectivity index (χ1) is 8.57. The van der Waals surface area contributed by atoms with E-state index in [0.717, 1.165) is 25.8 Å². The number of nitrogens with one attached hydrogen (secondary N) is 1. The lowest BCUT2D eigenvalue weighted by Crippen LogP contribution is -2.32. The molecule has 0 bridgehead atoms. The molecule has 0 saturated carbocycles. The summed E-state index contributed by atoms with van der Waals surface area (Å²) in [5, 5.41) is 3.59. The smallest absolute Gasteiger partial charge is 0.150 e. The van der Waals surface area contributed by atoms with Gasteiger partial charge in [0.25, 0.3) is 0 Å². The second-order valence-electron chi connectivity index (χ2n) is 5.65. The van der Waals surface area contributed by atoms with Crippen molar-refractivity contribution in [3.05, 3.63) is 0 Å². The molecule has 0 radical (unpaired) electrons. The molecule has 2 unspecified atom stereocenters. The van der Waals surface area contributed by atoms with E-state index < -0.39 is 9.84 Å². The van der Waals surface area contributed by atoms with Crippen LogP contribution < -0.4 is 5.32 Å². The minimum Gasteiger partial charge on any atom is -0.314 e. The highest BCUT2D eigenvalue weighted by molar-refractivity contribution is 7.91. The van der Waals surface area contributed by atoms with Gasteiger partial charge in [-0.1, -0.05) is 33.1 Å². The van der Waals surface area contributed by atoms with Crippen molar-refractivity contribution >= 4 is 9.84 Å². The average Bonchev–Trinajstić information content (AvgIpc) is 2.65. The quantitative estimate of drug-likeness (QED) is 0.658. The van der Waals surface area contributed by atoms with E-state index in [1.807, 2.05) is 0 Å². The first-order valence-electron chi connectivity index (χ1n) is 7.51. The van der Waals surface area contributed by atoms with E-state index >= 15 is 0 Å². The number of unbranched alkanes of at least 4 members (excludes halogenated alkanes) is 2. The molecule has 2 atom stereocenters. The molecule has 18 heavy (non-hydrogen) atoms. The fourth-order valence-corrected chi connectivity index (χ4v) is 4.63. The van der Waals surface area contributed by atoms with Crippen molar-refractivity contribution in [2.24, 2.45) is 5.92 Å². The summed E-state index contributed by atoms with van der Waals surface area (Å²) >= 11 is 0. The van der Waals surface area contributed by atoms with Gasteiger partial charge in [-0.05, 0) is 38.1 Å². The highest BCUT2D eigenvalue weighted by Gasteiger charge is 2.29. The van der Waals surface area contributed by atoms with Crippen molar-refractivity contribution in [1.82, 2.24) is 5.32 Å². The molecule has 0 spiro atoms. The van der Waals surface area contributed by atoms with Gasteiger partial charge in [-0.15, -0.1) is 0 Å². The van der Waals surface area contributed by atoms with Crippen molar-refractivity contribution in [3.8, 4) is 0 Å². The molecule has 0 aromatic heterocycles. The molecule has 1 aliphatic heterocycles. The predicted molar refractivity (Wildman–Crippen MR) is 77.6 cm³/mol. The van der Waals surface area contributed by atoms with Crippen molar-refractivity contribution in [1.29, 1.82) is 0 Å². The van der Waals surface area contributed by atoms with Crippen LogP contribution in [0, 0.1) is 5.92 Å². The lowest BCUT2D eigenvalue weighted by molar-refractivity contribution is 0.376. The van der Waals surface area contributed by atoms with Gasteiger partial charge in [0, 0.05) is 6.04 Å². The fourth-order valence-electron chi connectivity index (χ4n) is 2.75. The number of sulfone groups is 1. The van der Waals surface area contributed by atoms with Crippen molar-refractivity contribution in [2.75, 3.05) is 18.1 Å². The second kappa shape index (κ2) is 8.16. The van der Waals surface area contributed by atoms with E-state index in [1.165, 1.54) is 25.7 Å². The van der Waals surface area contributed by atoms with Crippen molar-refractivity contribution < 1.29 is 8.42 Å². The van der Waals surface area contributed by atoms with E-state index in [2.05, 4.69) is 19.2 Å². The Morgan fingerprint density at radius 1 is 1.22 bits per heavy atom. The maximum atomic E-state index is 11.5. The van der Waals surface area contributed by atoms with Crippen LogP contribution in [-0.4, -0.2) is 32.5 Å². The molecule has 3 nitrogen and oxygen atoms in total. The third-order valence-electron chi connectivity index (χ3n) is 3.78. The maximum absolute atomic E-state index is 11.5. The number of hydrogen-bond acceptors (Lipinski definition) is 3. The Kier molecular flexibility index (Phi) is 7.23. The van der Waals surface area contributed by atoms with Gasteiger partial charge in [0.05, 0.1) is 11.5 Å². The number of rotatable bonds is 9. The molecule has 1 heterocycles. The van der Waals surface area contributed by atoms with E-state index in [4.69, 9.17) is 0 Å². The highest BCUT2D eigenvalue weighted by Crippen LogP contribution is 2.24. The van der Waals surface area contributed by atoms with Crippen molar-refractivity contribution in [3.63, 3.8) is 0 Å². The summed E-state index contributed by atoms with van der Waals surface area (Å²) < 4.78 is 23.0. The van der Waals surface area contributed by atoms with E-state index in [0.29, 0.717) is 23.5 Å². The van der Waals surface area contributed by atoms with E-state index in [-0.39, 0.29) is 0 Å². The minimum atomic E-state index is -2.71.